The molecular weight excluding hydrogens is 226 g/mol. The van der Waals surface area contributed by atoms with Crippen molar-refractivity contribution < 1.29 is 0 Å². The normalized spacial score (nSPS) is 12.9. The molecule has 1 atom stereocenters. The number of nitrogens with zero attached hydrogens (tertiary/aromatic N) is 4. The third-order valence-corrected chi connectivity index (χ3v) is 2.74. The zero-order chi connectivity index (χ0) is 13.7. The van der Waals surface area contributed by atoms with Crippen LogP contribution >= 0.6 is 0 Å². The molecule has 1 N–H and O–H groups in total. The van der Waals surface area contributed by atoms with Gasteiger partial charge in [0.25, 0.3) is 0 Å². The fourth-order valence-electron chi connectivity index (χ4n) is 1.65. The summed E-state index contributed by atoms with van der Waals surface area (Å²) in [5.74, 6) is 2.16. The first-order valence-electron chi connectivity index (χ1n) is 6.31. The predicted octanol–water partition coefficient (Wildman–Crippen LogP) is 1.54. The van der Waals surface area contributed by atoms with E-state index in [1.54, 1.807) is 6.20 Å². The molecule has 1 aromatic rings. The number of likely N-dealkylation sites (N-methyl/N-ethyl adjacent to an activating group) is 1. The van der Waals surface area contributed by atoms with Gasteiger partial charge in [-0.1, -0.05) is 13.8 Å². The van der Waals surface area contributed by atoms with Crippen LogP contribution < -0.4 is 10.2 Å². The first-order valence-corrected chi connectivity index (χ1v) is 6.31. The molecule has 1 rings (SSSR count). The summed E-state index contributed by atoms with van der Waals surface area (Å²) in [6.07, 6.45) is 1.79. The minimum absolute atomic E-state index is 0.380. The largest absolute Gasteiger partial charge is 0.366 e. The molecule has 0 aliphatic rings. The second-order valence-electron chi connectivity index (χ2n) is 5.39. The van der Waals surface area contributed by atoms with Crippen LogP contribution in [0.25, 0.3) is 0 Å². The Morgan fingerprint density at radius 1 is 1.22 bits per heavy atom. The molecule has 0 saturated heterocycles. The molecule has 0 spiro atoms. The van der Waals surface area contributed by atoms with Gasteiger partial charge in [0.2, 0.25) is 5.95 Å². The SMILES string of the molecule is CC(C)C(CN(C)C)Nc1ccnc(N(C)C)n1. The van der Waals surface area contributed by atoms with Gasteiger partial charge in [-0.25, -0.2) is 4.98 Å². The first kappa shape index (κ1) is 14.7. The predicted molar refractivity (Wildman–Crippen MR) is 77.2 cm³/mol. The molecule has 0 saturated carbocycles. The Labute approximate surface area is 110 Å². The van der Waals surface area contributed by atoms with Crippen molar-refractivity contribution in [1.82, 2.24) is 14.9 Å². The number of hydrogen-bond donors (Lipinski definition) is 1. The summed E-state index contributed by atoms with van der Waals surface area (Å²) in [5, 5.41) is 3.49. The number of hydrogen-bond acceptors (Lipinski definition) is 5. The highest BCUT2D eigenvalue weighted by molar-refractivity contribution is 5.41. The average Bonchev–Trinajstić information content (AvgIpc) is 2.27. The molecule has 0 amide bonds. The highest BCUT2D eigenvalue weighted by Crippen LogP contribution is 2.13. The van der Waals surface area contributed by atoms with Gasteiger partial charge in [0.05, 0.1) is 0 Å². The van der Waals surface area contributed by atoms with E-state index in [0.717, 1.165) is 18.3 Å². The van der Waals surface area contributed by atoms with Crippen LogP contribution in [0.3, 0.4) is 0 Å². The summed E-state index contributed by atoms with van der Waals surface area (Å²) in [6, 6.07) is 2.29. The molecule has 5 nitrogen and oxygen atoms in total. The maximum Gasteiger partial charge on any atom is 0.226 e. The molecule has 0 aromatic carbocycles. The van der Waals surface area contributed by atoms with Crippen LogP contribution in [0.2, 0.25) is 0 Å². The summed E-state index contributed by atoms with van der Waals surface area (Å²) >= 11 is 0. The zero-order valence-corrected chi connectivity index (χ0v) is 12.3. The molecular formula is C13H25N5. The third-order valence-electron chi connectivity index (χ3n) is 2.74. The molecule has 0 radical (unpaired) electrons. The molecule has 0 aliphatic carbocycles. The van der Waals surface area contributed by atoms with Gasteiger partial charge in [-0.3, -0.25) is 0 Å². The van der Waals surface area contributed by atoms with Gasteiger partial charge in [-0.05, 0) is 26.1 Å². The van der Waals surface area contributed by atoms with E-state index in [-0.39, 0.29) is 0 Å². The Hall–Kier alpha value is -1.36. The van der Waals surface area contributed by atoms with Gasteiger partial charge < -0.3 is 15.1 Å². The number of nitrogens with one attached hydrogen (secondary N) is 1. The Kier molecular flexibility index (Phi) is 5.34. The van der Waals surface area contributed by atoms with Crippen LogP contribution in [0.15, 0.2) is 12.3 Å². The summed E-state index contributed by atoms with van der Waals surface area (Å²) in [7, 11) is 8.06. The van der Waals surface area contributed by atoms with Gasteiger partial charge in [0.1, 0.15) is 5.82 Å². The van der Waals surface area contributed by atoms with Crippen molar-refractivity contribution in [3.05, 3.63) is 12.3 Å². The van der Waals surface area contributed by atoms with Crippen molar-refractivity contribution in [3.63, 3.8) is 0 Å². The average molecular weight is 251 g/mol. The first-order chi connectivity index (χ1) is 8.40. The van der Waals surface area contributed by atoms with Crippen molar-refractivity contribution in [3.8, 4) is 0 Å². The number of aromatic nitrogens is 2. The highest BCUT2D eigenvalue weighted by atomic mass is 15.2. The van der Waals surface area contributed by atoms with Crippen LogP contribution in [0.4, 0.5) is 11.8 Å². The maximum atomic E-state index is 4.49. The maximum absolute atomic E-state index is 4.49. The Bertz CT molecular complexity index is 362. The number of rotatable bonds is 6. The fourth-order valence-corrected chi connectivity index (χ4v) is 1.65. The van der Waals surface area contributed by atoms with Gasteiger partial charge in [-0.2, -0.15) is 4.98 Å². The second-order valence-corrected chi connectivity index (χ2v) is 5.39. The highest BCUT2D eigenvalue weighted by Gasteiger charge is 2.15. The summed E-state index contributed by atoms with van der Waals surface area (Å²) in [4.78, 5) is 12.8. The van der Waals surface area contributed by atoms with E-state index in [9.17, 15) is 0 Å². The molecule has 1 aromatic heterocycles. The minimum Gasteiger partial charge on any atom is -0.366 e. The van der Waals surface area contributed by atoms with Crippen molar-refractivity contribution in [2.24, 2.45) is 5.92 Å². The molecule has 5 heteroatoms. The Balaban J connectivity index is 2.77. The van der Waals surface area contributed by atoms with Gasteiger partial charge in [0.15, 0.2) is 0 Å². The van der Waals surface area contributed by atoms with E-state index >= 15 is 0 Å². The molecule has 0 aliphatic heterocycles. The lowest BCUT2D eigenvalue weighted by Gasteiger charge is -2.26. The van der Waals surface area contributed by atoms with Crippen molar-refractivity contribution in [1.29, 1.82) is 0 Å². The lowest BCUT2D eigenvalue weighted by Crippen LogP contribution is -2.36. The van der Waals surface area contributed by atoms with E-state index in [1.165, 1.54) is 0 Å². The van der Waals surface area contributed by atoms with Crippen molar-refractivity contribution in [2.75, 3.05) is 45.0 Å². The lowest BCUT2D eigenvalue weighted by atomic mass is 10.0. The fraction of sp³-hybridized carbons (Fsp3) is 0.692. The van der Waals surface area contributed by atoms with Gasteiger partial charge in [0, 0.05) is 32.9 Å². The van der Waals surface area contributed by atoms with Crippen LogP contribution in [0, 0.1) is 5.92 Å². The standard InChI is InChI=1S/C13H25N5/c1-10(2)11(9-17(3)4)15-12-7-8-14-13(16-12)18(5)6/h7-8,10-11H,9H2,1-6H3,(H,14,15,16). The van der Waals surface area contributed by atoms with Crippen LogP contribution in [0.1, 0.15) is 13.8 Å². The van der Waals surface area contributed by atoms with E-state index < -0.39 is 0 Å². The lowest BCUT2D eigenvalue weighted by molar-refractivity contribution is 0.344. The third kappa shape index (κ3) is 4.49. The minimum atomic E-state index is 0.380. The molecule has 1 heterocycles. The van der Waals surface area contributed by atoms with Crippen molar-refractivity contribution in [2.45, 2.75) is 19.9 Å². The zero-order valence-electron chi connectivity index (χ0n) is 12.3. The smallest absolute Gasteiger partial charge is 0.226 e. The molecule has 1 unspecified atom stereocenters. The van der Waals surface area contributed by atoms with E-state index in [1.807, 2.05) is 25.1 Å². The van der Waals surface area contributed by atoms with Crippen LogP contribution in [-0.4, -0.2) is 55.6 Å². The molecule has 102 valence electrons. The van der Waals surface area contributed by atoms with Crippen molar-refractivity contribution >= 4 is 11.8 Å². The van der Waals surface area contributed by atoms with Crippen LogP contribution in [0.5, 0.6) is 0 Å². The number of anilines is 2. The summed E-state index contributed by atoms with van der Waals surface area (Å²) < 4.78 is 0. The summed E-state index contributed by atoms with van der Waals surface area (Å²) in [6.45, 7) is 5.42. The molecule has 18 heavy (non-hydrogen) atoms. The van der Waals surface area contributed by atoms with Crippen LogP contribution in [-0.2, 0) is 0 Å². The van der Waals surface area contributed by atoms with Gasteiger partial charge in [-0.15, -0.1) is 0 Å². The van der Waals surface area contributed by atoms with Gasteiger partial charge >= 0.3 is 0 Å². The summed E-state index contributed by atoms with van der Waals surface area (Å²) in [5.41, 5.74) is 0. The second kappa shape index (κ2) is 6.54. The quantitative estimate of drug-likeness (QED) is 0.831. The van der Waals surface area contributed by atoms with E-state index in [4.69, 9.17) is 0 Å². The van der Waals surface area contributed by atoms with E-state index in [0.29, 0.717) is 12.0 Å². The molecule has 0 fully saturated rings. The topological polar surface area (TPSA) is 44.3 Å². The monoisotopic (exact) mass is 251 g/mol. The Morgan fingerprint density at radius 2 is 1.89 bits per heavy atom. The van der Waals surface area contributed by atoms with E-state index in [2.05, 4.69) is 48.1 Å². The molecule has 0 bridgehead atoms. The Morgan fingerprint density at radius 3 is 2.39 bits per heavy atom.